The fraction of sp³-hybridized carbons (Fsp3) is 0.385. The van der Waals surface area contributed by atoms with Crippen molar-refractivity contribution in [3.05, 3.63) is 24.3 Å². The fourth-order valence-corrected chi connectivity index (χ4v) is 1.90. The number of anilines is 1. The molecule has 1 fully saturated rings. The lowest BCUT2D eigenvalue weighted by atomic mass is 10.0. The Kier molecular flexibility index (Phi) is 3.23. The smallest absolute Gasteiger partial charge is 0.236 e. The van der Waals surface area contributed by atoms with E-state index in [-0.39, 0.29) is 5.91 Å². The van der Waals surface area contributed by atoms with E-state index >= 15 is 0 Å². The van der Waals surface area contributed by atoms with E-state index < -0.39 is 5.41 Å². The normalized spacial score (nSPS) is 17.1. The predicted molar refractivity (Wildman–Crippen MR) is 68.2 cm³/mol. The Balaban J connectivity index is 2.07. The van der Waals surface area contributed by atoms with Crippen molar-refractivity contribution in [3.63, 3.8) is 0 Å². The third kappa shape index (κ3) is 2.16. The summed E-state index contributed by atoms with van der Waals surface area (Å²) >= 11 is 0. The van der Waals surface area contributed by atoms with Gasteiger partial charge in [0.25, 0.3) is 0 Å². The van der Waals surface area contributed by atoms with E-state index in [4.69, 9.17) is 9.94 Å². The summed E-state index contributed by atoms with van der Waals surface area (Å²) in [6.45, 7) is 1.67. The highest BCUT2D eigenvalue weighted by Gasteiger charge is 2.53. The molecule has 0 saturated heterocycles. The number of hydrogen-bond donors (Lipinski definition) is 2. The number of amides is 1. The zero-order valence-corrected chi connectivity index (χ0v) is 10.4. The number of carbonyl (C=O) groups is 1. The molecule has 0 aromatic heterocycles. The van der Waals surface area contributed by atoms with Crippen molar-refractivity contribution in [1.29, 1.82) is 0 Å². The van der Waals surface area contributed by atoms with Gasteiger partial charge in [-0.05, 0) is 44.0 Å². The number of methoxy groups -OCH3 is 1. The van der Waals surface area contributed by atoms with E-state index in [1.807, 2.05) is 0 Å². The van der Waals surface area contributed by atoms with Crippen LogP contribution in [0.3, 0.4) is 0 Å². The minimum atomic E-state index is -0.616. The minimum Gasteiger partial charge on any atom is -0.497 e. The van der Waals surface area contributed by atoms with Gasteiger partial charge in [0.05, 0.1) is 18.2 Å². The van der Waals surface area contributed by atoms with E-state index in [1.54, 1.807) is 38.3 Å². The molecule has 5 nitrogen and oxygen atoms in total. The van der Waals surface area contributed by atoms with E-state index in [0.717, 1.165) is 18.6 Å². The standard InChI is InChI=1S/C13H16N2O3/c1-9(15-17)13(7-8-13)12(16)14-10-3-5-11(18-2)6-4-10/h3-6,17H,7-8H2,1-2H3,(H,14,16)/b15-9-. The lowest BCUT2D eigenvalue weighted by Crippen LogP contribution is -2.30. The van der Waals surface area contributed by atoms with Crippen LogP contribution < -0.4 is 10.1 Å². The first-order valence-electron chi connectivity index (χ1n) is 5.77. The number of ether oxygens (including phenoxy) is 1. The van der Waals surface area contributed by atoms with Crippen LogP contribution >= 0.6 is 0 Å². The lowest BCUT2D eigenvalue weighted by molar-refractivity contribution is -0.119. The zero-order chi connectivity index (χ0) is 13.2. The molecule has 0 atom stereocenters. The van der Waals surface area contributed by atoms with Crippen LogP contribution in [0.4, 0.5) is 5.69 Å². The zero-order valence-electron chi connectivity index (χ0n) is 10.4. The minimum absolute atomic E-state index is 0.122. The van der Waals surface area contributed by atoms with Crippen molar-refractivity contribution in [1.82, 2.24) is 0 Å². The van der Waals surface area contributed by atoms with Crippen LogP contribution in [0.5, 0.6) is 5.75 Å². The van der Waals surface area contributed by atoms with Crippen molar-refractivity contribution in [2.24, 2.45) is 10.6 Å². The number of rotatable bonds is 4. The SMILES string of the molecule is COc1ccc(NC(=O)C2(/C(C)=N\O)CC2)cc1. The van der Waals surface area contributed by atoms with E-state index in [0.29, 0.717) is 11.4 Å². The molecule has 0 spiro atoms. The second-order valence-electron chi connectivity index (χ2n) is 4.45. The molecule has 96 valence electrons. The van der Waals surface area contributed by atoms with Crippen LogP contribution in [-0.2, 0) is 4.79 Å². The molecule has 0 radical (unpaired) electrons. The summed E-state index contributed by atoms with van der Waals surface area (Å²) in [5, 5.41) is 14.8. The number of carbonyl (C=O) groups excluding carboxylic acids is 1. The van der Waals surface area contributed by atoms with Crippen LogP contribution in [0.2, 0.25) is 0 Å². The Morgan fingerprint density at radius 2 is 2.00 bits per heavy atom. The largest absolute Gasteiger partial charge is 0.497 e. The van der Waals surface area contributed by atoms with Crippen molar-refractivity contribution in [2.45, 2.75) is 19.8 Å². The van der Waals surface area contributed by atoms with Crippen LogP contribution in [-0.4, -0.2) is 23.9 Å². The van der Waals surface area contributed by atoms with Crippen molar-refractivity contribution >= 4 is 17.3 Å². The number of nitrogens with one attached hydrogen (secondary N) is 1. The lowest BCUT2D eigenvalue weighted by Gasteiger charge is -2.14. The van der Waals surface area contributed by atoms with E-state index in [2.05, 4.69) is 10.5 Å². The van der Waals surface area contributed by atoms with Gasteiger partial charge in [0.1, 0.15) is 5.75 Å². The van der Waals surface area contributed by atoms with Gasteiger partial charge < -0.3 is 15.3 Å². The van der Waals surface area contributed by atoms with Crippen molar-refractivity contribution in [3.8, 4) is 5.75 Å². The molecule has 2 N–H and O–H groups in total. The molecule has 1 aromatic rings. The molecule has 0 aliphatic heterocycles. The summed E-state index contributed by atoms with van der Waals surface area (Å²) < 4.78 is 5.04. The Morgan fingerprint density at radius 3 is 2.44 bits per heavy atom. The molecule has 1 aliphatic carbocycles. The predicted octanol–water partition coefficient (Wildman–Crippen LogP) is 2.26. The summed E-state index contributed by atoms with van der Waals surface area (Å²) in [5.41, 5.74) is 0.556. The first-order chi connectivity index (χ1) is 8.62. The van der Waals surface area contributed by atoms with Crippen molar-refractivity contribution in [2.75, 3.05) is 12.4 Å². The highest BCUT2D eigenvalue weighted by molar-refractivity contribution is 6.14. The maximum atomic E-state index is 12.1. The second-order valence-corrected chi connectivity index (χ2v) is 4.45. The number of oxime groups is 1. The first kappa shape index (κ1) is 12.4. The van der Waals surface area contributed by atoms with Gasteiger partial charge in [-0.25, -0.2) is 0 Å². The molecule has 0 bridgehead atoms. The monoisotopic (exact) mass is 248 g/mol. The van der Waals surface area contributed by atoms with Gasteiger partial charge in [0, 0.05) is 5.69 Å². The summed E-state index contributed by atoms with van der Waals surface area (Å²) in [5.74, 6) is 0.616. The third-order valence-electron chi connectivity index (χ3n) is 3.38. The molecule has 1 saturated carbocycles. The molecule has 1 amide bonds. The average molecular weight is 248 g/mol. The third-order valence-corrected chi connectivity index (χ3v) is 3.38. The van der Waals surface area contributed by atoms with Crippen molar-refractivity contribution < 1.29 is 14.7 Å². The van der Waals surface area contributed by atoms with Gasteiger partial charge in [-0.3, -0.25) is 4.79 Å². The van der Waals surface area contributed by atoms with Crippen LogP contribution in [0.1, 0.15) is 19.8 Å². The van der Waals surface area contributed by atoms with E-state index in [9.17, 15) is 4.79 Å². The van der Waals surface area contributed by atoms with Gasteiger partial charge >= 0.3 is 0 Å². The van der Waals surface area contributed by atoms with Gasteiger partial charge in [-0.2, -0.15) is 0 Å². The molecular formula is C13H16N2O3. The second kappa shape index (κ2) is 4.68. The number of benzene rings is 1. The molecule has 18 heavy (non-hydrogen) atoms. The molecule has 1 aromatic carbocycles. The van der Waals surface area contributed by atoms with Gasteiger partial charge in [-0.15, -0.1) is 0 Å². The maximum absolute atomic E-state index is 12.1. The summed E-state index contributed by atoms with van der Waals surface area (Å²) in [7, 11) is 1.59. The molecule has 2 rings (SSSR count). The Bertz CT molecular complexity index is 476. The Hall–Kier alpha value is -2.04. The Labute approximate surface area is 105 Å². The van der Waals surface area contributed by atoms with Gasteiger partial charge in [0.2, 0.25) is 5.91 Å². The summed E-state index contributed by atoms with van der Waals surface area (Å²) in [6, 6.07) is 7.11. The molecule has 5 heteroatoms. The summed E-state index contributed by atoms with van der Waals surface area (Å²) in [4.78, 5) is 12.1. The Morgan fingerprint density at radius 1 is 1.39 bits per heavy atom. The molecule has 0 heterocycles. The van der Waals surface area contributed by atoms with Crippen LogP contribution in [0.25, 0.3) is 0 Å². The summed E-state index contributed by atoms with van der Waals surface area (Å²) in [6.07, 6.45) is 1.45. The quantitative estimate of drug-likeness (QED) is 0.488. The highest BCUT2D eigenvalue weighted by atomic mass is 16.5. The number of nitrogens with zero attached hydrogens (tertiary/aromatic N) is 1. The van der Waals surface area contributed by atoms with E-state index in [1.165, 1.54) is 0 Å². The average Bonchev–Trinajstić information content (AvgIpc) is 3.20. The fourth-order valence-electron chi connectivity index (χ4n) is 1.90. The number of hydrogen-bond acceptors (Lipinski definition) is 4. The van der Waals surface area contributed by atoms with Gasteiger partial charge in [-0.1, -0.05) is 5.16 Å². The maximum Gasteiger partial charge on any atom is 0.236 e. The first-order valence-corrected chi connectivity index (χ1v) is 5.77. The van der Waals surface area contributed by atoms with Crippen LogP contribution in [0.15, 0.2) is 29.4 Å². The molecular weight excluding hydrogens is 232 g/mol. The topological polar surface area (TPSA) is 70.9 Å². The highest BCUT2D eigenvalue weighted by Crippen LogP contribution is 2.47. The van der Waals surface area contributed by atoms with Gasteiger partial charge in [0.15, 0.2) is 0 Å². The van der Waals surface area contributed by atoms with Crippen LogP contribution in [0, 0.1) is 5.41 Å². The molecule has 0 unspecified atom stereocenters. The molecule has 1 aliphatic rings.